The number of ether oxygens (including phenoxy) is 1. The molecule has 0 aliphatic heterocycles. The van der Waals surface area contributed by atoms with Crippen LogP contribution in [0, 0.1) is 17.2 Å². The second-order valence-electron chi connectivity index (χ2n) is 8.13. The number of carbonyl (C=O) groups is 1. The fourth-order valence-electron chi connectivity index (χ4n) is 3.42. The number of nitrogens with one attached hydrogen (secondary N) is 1. The number of aryl methyl sites for hydroxylation is 1. The van der Waals surface area contributed by atoms with E-state index in [9.17, 15) is 9.18 Å². The summed E-state index contributed by atoms with van der Waals surface area (Å²) in [6, 6.07) is 6.28. The van der Waals surface area contributed by atoms with E-state index in [0.29, 0.717) is 31.2 Å². The van der Waals surface area contributed by atoms with Gasteiger partial charge in [-0.3, -0.25) is 4.79 Å². The van der Waals surface area contributed by atoms with Crippen LogP contribution < -0.4 is 10.1 Å². The van der Waals surface area contributed by atoms with Gasteiger partial charge >= 0.3 is 0 Å². The lowest BCUT2D eigenvalue weighted by atomic mass is 9.71. The van der Waals surface area contributed by atoms with Gasteiger partial charge < -0.3 is 14.6 Å². The number of carbonyl (C=O) groups excluding carboxylic acids is 1. The topological polar surface area (TPSA) is 64.4 Å². The van der Waals surface area contributed by atoms with Crippen LogP contribution in [0.4, 0.5) is 4.39 Å². The molecule has 1 aliphatic rings. The van der Waals surface area contributed by atoms with Crippen molar-refractivity contribution in [1.29, 1.82) is 0 Å². The van der Waals surface area contributed by atoms with Gasteiger partial charge in [0.25, 0.3) is 5.91 Å². The number of fused-ring (bicyclic) bond motifs is 1. The Bertz CT molecular complexity index is 795. The summed E-state index contributed by atoms with van der Waals surface area (Å²) in [5.74, 6) is 0.959. The Morgan fingerprint density at radius 2 is 2.15 bits per heavy atom. The van der Waals surface area contributed by atoms with Crippen LogP contribution in [-0.2, 0) is 12.8 Å². The predicted octanol–water partition coefficient (Wildman–Crippen LogP) is 4.16. The minimum absolute atomic E-state index is 0.187. The number of rotatable bonds is 6. The van der Waals surface area contributed by atoms with Gasteiger partial charge in [0.05, 0.1) is 6.61 Å². The molecular formula is C21H27FN2O3. The van der Waals surface area contributed by atoms with Crippen LogP contribution in [0.1, 0.15) is 55.4 Å². The Morgan fingerprint density at radius 1 is 1.37 bits per heavy atom. The van der Waals surface area contributed by atoms with E-state index >= 15 is 0 Å². The number of halogens is 1. The molecule has 0 spiro atoms. The van der Waals surface area contributed by atoms with Gasteiger partial charge in [0, 0.05) is 18.5 Å². The van der Waals surface area contributed by atoms with Crippen LogP contribution in [0.5, 0.6) is 5.75 Å². The number of nitrogens with zero attached hydrogens (tertiary/aromatic N) is 1. The quantitative estimate of drug-likeness (QED) is 0.771. The highest BCUT2D eigenvalue weighted by Gasteiger charge is 2.34. The number of hydrogen-bond donors (Lipinski definition) is 1. The summed E-state index contributed by atoms with van der Waals surface area (Å²) >= 11 is 0. The molecule has 0 fully saturated rings. The van der Waals surface area contributed by atoms with Crippen molar-refractivity contribution in [3.63, 3.8) is 0 Å². The Morgan fingerprint density at radius 3 is 2.89 bits per heavy atom. The third kappa shape index (κ3) is 4.67. The fourth-order valence-corrected chi connectivity index (χ4v) is 3.42. The summed E-state index contributed by atoms with van der Waals surface area (Å²) in [4.78, 5) is 12.5. The van der Waals surface area contributed by atoms with Crippen molar-refractivity contribution in [3.8, 4) is 5.75 Å². The number of amides is 1. The molecule has 1 aromatic carbocycles. The van der Waals surface area contributed by atoms with Crippen molar-refractivity contribution in [2.75, 3.05) is 13.2 Å². The molecule has 1 aliphatic carbocycles. The van der Waals surface area contributed by atoms with Crippen molar-refractivity contribution in [2.24, 2.45) is 11.3 Å². The molecule has 146 valence electrons. The Labute approximate surface area is 159 Å². The molecule has 1 atom stereocenters. The van der Waals surface area contributed by atoms with Crippen LogP contribution in [0.25, 0.3) is 0 Å². The summed E-state index contributed by atoms with van der Waals surface area (Å²) < 4.78 is 24.3. The van der Waals surface area contributed by atoms with Gasteiger partial charge in [-0.1, -0.05) is 38.1 Å². The third-order valence-corrected chi connectivity index (χ3v) is 5.18. The van der Waals surface area contributed by atoms with Crippen LogP contribution in [0.15, 0.2) is 28.8 Å². The molecule has 6 heteroatoms. The molecule has 1 N–H and O–H groups in total. The summed E-state index contributed by atoms with van der Waals surface area (Å²) in [6.45, 7) is 7.43. The number of hydrogen-bond acceptors (Lipinski definition) is 4. The van der Waals surface area contributed by atoms with Gasteiger partial charge in [0.1, 0.15) is 5.76 Å². The Hall–Kier alpha value is -2.37. The highest BCUT2D eigenvalue weighted by Crippen LogP contribution is 2.38. The van der Waals surface area contributed by atoms with Gasteiger partial charge in [-0.2, -0.15) is 0 Å². The van der Waals surface area contributed by atoms with Gasteiger partial charge in [-0.05, 0) is 42.7 Å². The second kappa shape index (κ2) is 8.11. The van der Waals surface area contributed by atoms with Crippen molar-refractivity contribution in [2.45, 2.75) is 46.5 Å². The molecule has 5 nitrogen and oxygen atoms in total. The fraction of sp³-hybridized carbons (Fsp3) is 0.524. The first-order valence-corrected chi connectivity index (χ1v) is 9.49. The van der Waals surface area contributed by atoms with Gasteiger partial charge in [-0.15, -0.1) is 0 Å². The van der Waals surface area contributed by atoms with Crippen LogP contribution in [-0.4, -0.2) is 24.2 Å². The normalized spacial score (nSPS) is 16.7. The first-order chi connectivity index (χ1) is 12.9. The molecule has 3 rings (SSSR count). The molecule has 0 saturated heterocycles. The number of benzene rings is 1. The molecular weight excluding hydrogens is 347 g/mol. The van der Waals surface area contributed by atoms with Crippen LogP contribution in [0.3, 0.4) is 0 Å². The molecule has 1 amide bonds. The van der Waals surface area contributed by atoms with Crippen molar-refractivity contribution in [1.82, 2.24) is 10.5 Å². The maximum atomic E-state index is 13.5. The average Bonchev–Trinajstić information content (AvgIpc) is 3.05. The molecule has 2 aromatic rings. The minimum Gasteiger partial charge on any atom is -0.490 e. The van der Waals surface area contributed by atoms with E-state index in [1.54, 1.807) is 18.2 Å². The zero-order valence-electron chi connectivity index (χ0n) is 16.2. The van der Waals surface area contributed by atoms with Gasteiger partial charge in [0.15, 0.2) is 17.3 Å². The van der Waals surface area contributed by atoms with Crippen molar-refractivity contribution >= 4 is 5.91 Å². The second-order valence-corrected chi connectivity index (χ2v) is 8.13. The summed E-state index contributed by atoms with van der Waals surface area (Å²) in [5, 5.41) is 6.86. The smallest absolute Gasteiger partial charge is 0.273 e. The van der Waals surface area contributed by atoms with Crippen LogP contribution in [0.2, 0.25) is 0 Å². The SMILES string of the molecule is CC(C)(C)[C@@H]1CCc2onc(C(=O)NCCCOc3ccccc3F)c2C1. The Balaban J connectivity index is 1.50. The molecule has 0 saturated carbocycles. The van der Waals surface area contributed by atoms with Gasteiger partial charge in [-0.25, -0.2) is 4.39 Å². The Kier molecular flexibility index (Phi) is 5.82. The molecule has 1 heterocycles. The lowest BCUT2D eigenvalue weighted by Crippen LogP contribution is -2.30. The van der Waals surface area contributed by atoms with Gasteiger partial charge in [0.2, 0.25) is 0 Å². The largest absolute Gasteiger partial charge is 0.490 e. The zero-order valence-corrected chi connectivity index (χ0v) is 16.2. The van der Waals surface area contributed by atoms with E-state index < -0.39 is 0 Å². The zero-order chi connectivity index (χ0) is 19.4. The minimum atomic E-state index is -0.385. The van der Waals surface area contributed by atoms with E-state index in [0.717, 1.165) is 30.6 Å². The van der Waals surface area contributed by atoms with E-state index in [1.807, 2.05) is 0 Å². The average molecular weight is 374 g/mol. The lowest BCUT2D eigenvalue weighted by Gasteiger charge is -2.33. The molecule has 27 heavy (non-hydrogen) atoms. The molecule has 0 radical (unpaired) electrons. The third-order valence-electron chi connectivity index (χ3n) is 5.18. The van der Waals surface area contributed by atoms with E-state index in [4.69, 9.17) is 9.26 Å². The summed E-state index contributed by atoms with van der Waals surface area (Å²) in [7, 11) is 0. The summed E-state index contributed by atoms with van der Waals surface area (Å²) in [5.41, 5.74) is 1.53. The summed E-state index contributed by atoms with van der Waals surface area (Å²) in [6.07, 6.45) is 3.28. The highest BCUT2D eigenvalue weighted by molar-refractivity contribution is 5.93. The monoisotopic (exact) mass is 374 g/mol. The molecule has 0 unspecified atom stereocenters. The number of aromatic nitrogens is 1. The first-order valence-electron chi connectivity index (χ1n) is 9.49. The maximum absolute atomic E-state index is 13.5. The van der Waals surface area contributed by atoms with Crippen molar-refractivity contribution < 1.29 is 18.4 Å². The maximum Gasteiger partial charge on any atom is 0.273 e. The first kappa shape index (κ1) is 19.4. The van der Waals surface area contributed by atoms with Crippen molar-refractivity contribution in [3.05, 3.63) is 47.1 Å². The van der Waals surface area contributed by atoms with E-state index in [-0.39, 0.29) is 22.9 Å². The number of para-hydroxylation sites is 1. The van der Waals surface area contributed by atoms with E-state index in [1.165, 1.54) is 6.07 Å². The molecule has 1 aromatic heterocycles. The highest BCUT2D eigenvalue weighted by atomic mass is 19.1. The standard InChI is InChI=1S/C21H27FN2O3/c1-21(2,3)14-9-10-17-15(13-14)19(24-27-17)20(25)23-11-6-12-26-18-8-5-4-7-16(18)22/h4-5,7-8,14H,6,9-13H2,1-3H3,(H,23,25)/t14-/m1/s1. The predicted molar refractivity (Wildman–Crippen MR) is 100 cm³/mol. The lowest BCUT2D eigenvalue weighted by molar-refractivity contribution is 0.0941. The molecule has 0 bridgehead atoms. The van der Waals surface area contributed by atoms with Crippen LogP contribution >= 0.6 is 0 Å². The van der Waals surface area contributed by atoms with E-state index in [2.05, 4.69) is 31.2 Å².